The minimum absolute atomic E-state index is 0.0217. The molecule has 0 amide bonds. The molecule has 0 aliphatic heterocycles. The minimum atomic E-state index is -2.74. The highest BCUT2D eigenvalue weighted by molar-refractivity contribution is 8.84. The summed E-state index contributed by atoms with van der Waals surface area (Å²) in [5, 5.41) is 0. The van der Waals surface area contributed by atoms with Gasteiger partial charge in [0, 0.05) is 5.75 Å². The smallest absolute Gasteiger partial charge is 0.310 e. The van der Waals surface area contributed by atoms with E-state index in [-0.39, 0.29) is 6.10 Å². The van der Waals surface area contributed by atoms with Gasteiger partial charge in [-0.25, -0.2) is 0 Å². The molecule has 0 radical (unpaired) electrons. The summed E-state index contributed by atoms with van der Waals surface area (Å²) in [5.41, 5.74) is 0. The van der Waals surface area contributed by atoms with Crippen molar-refractivity contribution in [2.24, 2.45) is 5.92 Å². The molecule has 0 aromatic heterocycles. The van der Waals surface area contributed by atoms with E-state index in [1.54, 1.807) is 0 Å². The molecule has 16 heavy (non-hydrogen) atoms. The van der Waals surface area contributed by atoms with Crippen molar-refractivity contribution in [2.45, 2.75) is 59.5 Å². The first kappa shape index (κ1) is 16.9. The van der Waals surface area contributed by atoms with E-state index in [0.717, 1.165) is 12.2 Å². The van der Waals surface area contributed by atoms with Crippen molar-refractivity contribution in [1.29, 1.82) is 0 Å². The molecular weight excluding hydrogens is 259 g/mol. The van der Waals surface area contributed by atoms with Crippen LogP contribution in [-0.2, 0) is 9.09 Å². The fraction of sp³-hybridized carbons (Fsp3) is 1.00. The molecule has 98 valence electrons. The maximum atomic E-state index is 11.9. The lowest BCUT2D eigenvalue weighted by atomic mass is 10.0. The molecule has 5 heteroatoms. The Hall–Kier alpha value is 0.890. The predicted molar refractivity (Wildman–Crippen MR) is 78.6 cm³/mol. The number of hydrogen-bond donors (Lipinski definition) is 1. The summed E-state index contributed by atoms with van der Waals surface area (Å²) in [4.78, 5) is 0. The van der Waals surface area contributed by atoms with Crippen molar-refractivity contribution >= 4 is 29.4 Å². The highest BCUT2D eigenvalue weighted by atomic mass is 33.1. The van der Waals surface area contributed by atoms with E-state index in [1.165, 1.54) is 30.6 Å². The first-order valence-corrected chi connectivity index (χ1v) is 10.4. The summed E-state index contributed by atoms with van der Waals surface area (Å²) < 4.78 is 17.2. The van der Waals surface area contributed by atoms with Crippen molar-refractivity contribution in [3.8, 4) is 0 Å². The van der Waals surface area contributed by atoms with Crippen LogP contribution >= 0.6 is 29.4 Å². The summed E-state index contributed by atoms with van der Waals surface area (Å²) in [5.74, 6) is -1.20. The Morgan fingerprint density at radius 2 is 2.00 bits per heavy atom. The molecule has 0 saturated carbocycles. The van der Waals surface area contributed by atoms with Gasteiger partial charge in [-0.2, -0.15) is 0 Å². The molecule has 0 aliphatic carbocycles. The Morgan fingerprint density at radius 3 is 2.44 bits per heavy atom. The lowest BCUT2D eigenvalue weighted by Crippen LogP contribution is -2.03. The van der Waals surface area contributed by atoms with Gasteiger partial charge < -0.3 is 4.52 Å². The number of thiol groups is 1. The van der Waals surface area contributed by atoms with Gasteiger partial charge in [0.15, 0.2) is 0 Å². The van der Waals surface area contributed by atoms with Crippen molar-refractivity contribution < 1.29 is 9.09 Å². The van der Waals surface area contributed by atoms with Gasteiger partial charge in [0.1, 0.15) is 0 Å². The fourth-order valence-electron chi connectivity index (χ4n) is 1.39. The molecule has 0 bridgehead atoms. The Balaban J connectivity index is 3.94. The SMILES string of the molecule is CCCCC(CC)CSP(=O)(S)OC(C)C. The molecule has 0 aliphatic rings. The van der Waals surface area contributed by atoms with Crippen LogP contribution < -0.4 is 0 Å². The second-order valence-electron chi connectivity index (χ2n) is 4.33. The predicted octanol–water partition coefficient (Wildman–Crippen LogP) is 5.40. The summed E-state index contributed by atoms with van der Waals surface area (Å²) in [6, 6.07) is 0. The average Bonchev–Trinajstić information content (AvgIpc) is 2.16. The molecule has 2 atom stereocenters. The lowest BCUT2D eigenvalue weighted by molar-refractivity contribution is 0.261. The second kappa shape index (κ2) is 8.91. The molecule has 0 heterocycles. The van der Waals surface area contributed by atoms with Crippen molar-refractivity contribution in [2.75, 3.05) is 5.75 Å². The zero-order chi connectivity index (χ0) is 12.6. The van der Waals surface area contributed by atoms with Crippen LogP contribution in [0.3, 0.4) is 0 Å². The highest BCUT2D eigenvalue weighted by Gasteiger charge is 2.21. The lowest BCUT2D eigenvalue weighted by Gasteiger charge is -2.18. The third-order valence-electron chi connectivity index (χ3n) is 2.36. The first-order chi connectivity index (χ1) is 7.41. The van der Waals surface area contributed by atoms with E-state index < -0.39 is 5.77 Å². The standard InChI is InChI=1S/C11H25O2PS2/c1-5-7-8-11(6-2)9-16-14(12,15)13-10(3)4/h10-11H,5-9H2,1-4H3,(H,12,15). The summed E-state index contributed by atoms with van der Waals surface area (Å²) >= 11 is 5.51. The molecule has 0 rings (SSSR count). The summed E-state index contributed by atoms with van der Waals surface area (Å²) in [6.45, 7) is 8.16. The van der Waals surface area contributed by atoms with E-state index in [2.05, 4.69) is 26.1 Å². The van der Waals surface area contributed by atoms with Gasteiger partial charge in [-0.05, 0) is 26.2 Å². The topological polar surface area (TPSA) is 26.3 Å². The second-order valence-corrected chi connectivity index (χ2v) is 10.7. The molecule has 0 fully saturated rings. The normalized spacial score (nSPS) is 17.4. The molecule has 0 aromatic rings. The first-order valence-electron chi connectivity index (χ1n) is 6.07. The summed E-state index contributed by atoms with van der Waals surface area (Å²) in [6.07, 6.45) is 4.81. The quantitative estimate of drug-likeness (QED) is 0.453. The van der Waals surface area contributed by atoms with Crippen LogP contribution in [0.15, 0.2) is 0 Å². The van der Waals surface area contributed by atoms with Crippen molar-refractivity contribution in [3.05, 3.63) is 0 Å². The minimum Gasteiger partial charge on any atom is -0.311 e. The van der Waals surface area contributed by atoms with Crippen molar-refractivity contribution in [1.82, 2.24) is 0 Å². The van der Waals surface area contributed by atoms with Gasteiger partial charge in [0.05, 0.1) is 6.10 Å². The van der Waals surface area contributed by atoms with Gasteiger partial charge in [-0.15, -0.1) is 0 Å². The zero-order valence-corrected chi connectivity index (χ0v) is 13.4. The van der Waals surface area contributed by atoms with E-state index in [9.17, 15) is 4.57 Å². The Morgan fingerprint density at radius 1 is 1.38 bits per heavy atom. The Labute approximate surface area is 110 Å². The maximum Gasteiger partial charge on any atom is 0.310 e. The molecule has 0 aromatic carbocycles. The van der Waals surface area contributed by atoms with Crippen LogP contribution in [0.4, 0.5) is 0 Å². The summed E-state index contributed by atoms with van der Waals surface area (Å²) in [7, 11) is 0. The molecular formula is C11H25O2PS2. The monoisotopic (exact) mass is 284 g/mol. The maximum absolute atomic E-state index is 11.9. The van der Waals surface area contributed by atoms with E-state index in [0.29, 0.717) is 5.92 Å². The number of unbranched alkanes of at least 4 members (excludes halogenated alkanes) is 1. The van der Waals surface area contributed by atoms with E-state index in [1.807, 2.05) is 13.8 Å². The largest absolute Gasteiger partial charge is 0.311 e. The van der Waals surface area contributed by atoms with Crippen molar-refractivity contribution in [3.63, 3.8) is 0 Å². The van der Waals surface area contributed by atoms with Crippen LogP contribution in [0.1, 0.15) is 53.4 Å². The van der Waals surface area contributed by atoms with Crippen LogP contribution in [0.2, 0.25) is 0 Å². The van der Waals surface area contributed by atoms with Crippen LogP contribution in [0, 0.1) is 5.92 Å². The van der Waals surface area contributed by atoms with Crippen LogP contribution in [-0.4, -0.2) is 11.9 Å². The average molecular weight is 284 g/mol. The Kier molecular flexibility index (Phi) is 9.40. The van der Waals surface area contributed by atoms with Crippen LogP contribution in [0.5, 0.6) is 0 Å². The number of hydrogen-bond acceptors (Lipinski definition) is 3. The zero-order valence-electron chi connectivity index (χ0n) is 10.8. The van der Waals surface area contributed by atoms with E-state index >= 15 is 0 Å². The molecule has 0 saturated heterocycles. The van der Waals surface area contributed by atoms with Gasteiger partial charge in [-0.3, -0.25) is 4.57 Å². The number of rotatable bonds is 9. The Bertz CT molecular complexity index is 222. The van der Waals surface area contributed by atoms with Gasteiger partial charge in [0.2, 0.25) is 0 Å². The molecule has 0 N–H and O–H groups in total. The van der Waals surface area contributed by atoms with E-state index in [4.69, 9.17) is 4.52 Å². The molecule has 0 spiro atoms. The fourth-order valence-corrected chi connectivity index (χ4v) is 5.85. The third kappa shape index (κ3) is 8.98. The molecule has 2 unspecified atom stereocenters. The molecule has 2 nitrogen and oxygen atoms in total. The van der Waals surface area contributed by atoms with Crippen LogP contribution in [0.25, 0.3) is 0 Å². The third-order valence-corrected chi connectivity index (χ3v) is 7.00. The van der Waals surface area contributed by atoms with Gasteiger partial charge >= 0.3 is 5.77 Å². The highest BCUT2D eigenvalue weighted by Crippen LogP contribution is 2.65. The van der Waals surface area contributed by atoms with Gasteiger partial charge in [-0.1, -0.05) is 56.7 Å². The van der Waals surface area contributed by atoms with Gasteiger partial charge in [0.25, 0.3) is 0 Å².